The number of nitrogens with zero attached hydrogens (tertiary/aromatic N) is 1. The highest BCUT2D eigenvalue weighted by molar-refractivity contribution is 6.33. The van der Waals surface area contributed by atoms with E-state index in [1.165, 1.54) is 13.2 Å². The van der Waals surface area contributed by atoms with E-state index in [0.29, 0.717) is 53.9 Å². The van der Waals surface area contributed by atoms with Gasteiger partial charge in [0, 0.05) is 0 Å². The number of urea groups is 1. The van der Waals surface area contributed by atoms with Crippen LogP contribution in [0.3, 0.4) is 0 Å². The van der Waals surface area contributed by atoms with E-state index in [4.69, 9.17) is 30.5 Å². The van der Waals surface area contributed by atoms with Crippen LogP contribution in [0.4, 0.5) is 4.79 Å². The van der Waals surface area contributed by atoms with Gasteiger partial charge >= 0.3 is 6.03 Å². The van der Waals surface area contributed by atoms with Crippen molar-refractivity contribution in [2.24, 2.45) is 0 Å². The van der Waals surface area contributed by atoms with Crippen LogP contribution in [-0.4, -0.2) is 49.7 Å². The number of rotatable bonds is 11. The fourth-order valence-corrected chi connectivity index (χ4v) is 3.87. The molecule has 1 aliphatic heterocycles. The van der Waals surface area contributed by atoms with Crippen molar-refractivity contribution in [3.8, 4) is 23.0 Å². The predicted molar refractivity (Wildman–Crippen MR) is 135 cm³/mol. The molecular weight excluding hydrogens is 488 g/mol. The number of ether oxygens (including phenoxy) is 4. The van der Waals surface area contributed by atoms with E-state index < -0.39 is 17.8 Å². The fourth-order valence-electron chi connectivity index (χ4n) is 3.57. The van der Waals surface area contributed by atoms with E-state index >= 15 is 0 Å². The van der Waals surface area contributed by atoms with E-state index in [2.05, 4.69) is 5.32 Å². The Morgan fingerprint density at radius 2 is 1.67 bits per heavy atom. The number of hydrogen-bond donors (Lipinski definition) is 1. The fraction of sp³-hybridized carbons (Fsp3) is 0.346. The Balaban J connectivity index is 1.91. The molecule has 2 aromatic carbocycles. The molecule has 1 N–H and O–H groups in total. The molecule has 0 atom stereocenters. The Labute approximate surface area is 214 Å². The molecule has 4 amide bonds. The molecular formula is C26H29ClN2O7. The molecule has 0 saturated carbocycles. The summed E-state index contributed by atoms with van der Waals surface area (Å²) in [4.78, 5) is 39.3. The number of hydrogen-bond acceptors (Lipinski definition) is 7. The van der Waals surface area contributed by atoms with Crippen LogP contribution in [0.5, 0.6) is 23.0 Å². The molecule has 1 saturated heterocycles. The maximum Gasteiger partial charge on any atom is 0.331 e. The summed E-state index contributed by atoms with van der Waals surface area (Å²) >= 11 is 6.30. The lowest BCUT2D eigenvalue weighted by molar-refractivity contribution is -0.130. The van der Waals surface area contributed by atoms with Gasteiger partial charge in [0.05, 0.1) is 38.5 Å². The Morgan fingerprint density at radius 3 is 2.33 bits per heavy atom. The summed E-state index contributed by atoms with van der Waals surface area (Å²) < 4.78 is 22.2. The molecule has 1 aliphatic rings. The first-order chi connectivity index (χ1) is 17.3. The molecule has 0 aromatic heterocycles. The summed E-state index contributed by atoms with van der Waals surface area (Å²) in [5.74, 6) is 0.256. The minimum atomic E-state index is -0.811. The number of nitrogens with one attached hydrogen (secondary N) is 1. The van der Waals surface area contributed by atoms with Crippen LogP contribution >= 0.6 is 11.6 Å². The van der Waals surface area contributed by atoms with Crippen molar-refractivity contribution in [1.29, 1.82) is 0 Å². The third-order valence-corrected chi connectivity index (χ3v) is 5.42. The van der Waals surface area contributed by atoms with Crippen LogP contribution in [0.25, 0.3) is 6.08 Å². The van der Waals surface area contributed by atoms with Gasteiger partial charge in [-0.25, -0.2) is 4.79 Å². The lowest BCUT2D eigenvalue weighted by Crippen LogP contribution is -2.53. The number of amides is 4. The molecule has 2 aromatic rings. The number of carbonyl (C=O) groups is 3. The van der Waals surface area contributed by atoms with Gasteiger partial charge in [0.2, 0.25) is 0 Å². The Hall–Kier alpha value is -3.72. The van der Waals surface area contributed by atoms with Crippen LogP contribution in [-0.2, 0) is 16.1 Å². The molecule has 0 radical (unpaired) electrons. The van der Waals surface area contributed by atoms with Crippen molar-refractivity contribution in [1.82, 2.24) is 10.2 Å². The number of barbiturate groups is 1. The van der Waals surface area contributed by atoms with Crippen LogP contribution in [0, 0.1) is 0 Å². The molecule has 192 valence electrons. The molecule has 0 bridgehead atoms. The highest BCUT2D eigenvalue weighted by atomic mass is 35.5. The number of halogens is 1. The SMILES string of the molecule is CCCOc1ccc(CN2C(=O)NC(=O)/C(=C\c3cc(Cl)c(OC)c(OCC)c3)C2=O)cc1OCC. The number of methoxy groups -OCH3 is 1. The minimum absolute atomic E-state index is 0.0724. The van der Waals surface area contributed by atoms with Crippen molar-refractivity contribution >= 4 is 35.5 Å². The van der Waals surface area contributed by atoms with Crippen LogP contribution in [0.2, 0.25) is 5.02 Å². The van der Waals surface area contributed by atoms with Gasteiger partial charge in [-0.1, -0.05) is 24.6 Å². The van der Waals surface area contributed by atoms with E-state index in [0.717, 1.165) is 11.3 Å². The molecule has 0 aliphatic carbocycles. The summed E-state index contributed by atoms with van der Waals surface area (Å²) in [5.41, 5.74) is 0.852. The minimum Gasteiger partial charge on any atom is -0.491 e. The Morgan fingerprint density at radius 1 is 0.944 bits per heavy atom. The first-order valence-corrected chi connectivity index (χ1v) is 12.0. The van der Waals surface area contributed by atoms with Gasteiger partial charge in [-0.2, -0.15) is 0 Å². The van der Waals surface area contributed by atoms with Crippen molar-refractivity contribution in [2.75, 3.05) is 26.9 Å². The Kier molecular flexibility index (Phi) is 9.19. The quantitative estimate of drug-likeness (QED) is 0.344. The zero-order chi connectivity index (χ0) is 26.2. The van der Waals surface area contributed by atoms with Gasteiger partial charge in [0.15, 0.2) is 23.0 Å². The third kappa shape index (κ3) is 6.09. The molecule has 10 heteroatoms. The molecule has 0 unspecified atom stereocenters. The van der Waals surface area contributed by atoms with Crippen LogP contribution in [0.1, 0.15) is 38.3 Å². The van der Waals surface area contributed by atoms with Crippen LogP contribution in [0.15, 0.2) is 35.9 Å². The van der Waals surface area contributed by atoms with Gasteiger partial charge < -0.3 is 18.9 Å². The molecule has 9 nitrogen and oxygen atoms in total. The summed E-state index contributed by atoms with van der Waals surface area (Å²) in [5, 5.41) is 2.47. The first kappa shape index (κ1) is 26.9. The summed E-state index contributed by atoms with van der Waals surface area (Å²) in [6.45, 7) is 6.90. The molecule has 1 fully saturated rings. The maximum atomic E-state index is 13.2. The zero-order valence-electron chi connectivity index (χ0n) is 20.7. The topological polar surface area (TPSA) is 103 Å². The van der Waals surface area contributed by atoms with E-state index in [-0.39, 0.29) is 17.1 Å². The average molecular weight is 517 g/mol. The van der Waals surface area contributed by atoms with Crippen molar-refractivity contribution < 1.29 is 33.3 Å². The summed E-state index contributed by atoms with van der Waals surface area (Å²) in [7, 11) is 1.46. The number of carbonyl (C=O) groups excluding carboxylic acids is 3. The van der Waals surface area contributed by atoms with Gasteiger partial charge in [0.1, 0.15) is 5.57 Å². The molecule has 3 rings (SSSR count). The van der Waals surface area contributed by atoms with Crippen LogP contribution < -0.4 is 24.3 Å². The first-order valence-electron chi connectivity index (χ1n) is 11.6. The molecule has 0 spiro atoms. The second-order valence-electron chi connectivity index (χ2n) is 7.74. The molecule has 36 heavy (non-hydrogen) atoms. The summed E-state index contributed by atoms with van der Waals surface area (Å²) in [6.07, 6.45) is 2.20. The smallest absolute Gasteiger partial charge is 0.331 e. The lowest BCUT2D eigenvalue weighted by Gasteiger charge is -2.26. The highest BCUT2D eigenvalue weighted by Gasteiger charge is 2.36. The maximum absolute atomic E-state index is 13.2. The standard InChI is InChI=1S/C26H29ClN2O7/c1-5-10-36-20-9-8-16(13-21(20)34-6-2)15-29-25(31)18(24(30)28-26(29)32)11-17-12-19(27)23(33-4)22(14-17)35-7-3/h8-9,11-14H,5-7,10,15H2,1-4H3,(H,28,30,32)/b18-11+. The van der Waals surface area contributed by atoms with E-state index in [9.17, 15) is 14.4 Å². The second kappa shape index (κ2) is 12.3. The number of imide groups is 2. The van der Waals surface area contributed by atoms with Crippen molar-refractivity contribution in [2.45, 2.75) is 33.7 Å². The third-order valence-electron chi connectivity index (χ3n) is 5.14. The van der Waals surface area contributed by atoms with Crippen molar-refractivity contribution in [3.63, 3.8) is 0 Å². The lowest BCUT2D eigenvalue weighted by atomic mass is 10.1. The van der Waals surface area contributed by atoms with E-state index in [1.807, 2.05) is 13.8 Å². The van der Waals surface area contributed by atoms with Gasteiger partial charge in [-0.15, -0.1) is 0 Å². The molecule has 1 heterocycles. The largest absolute Gasteiger partial charge is 0.491 e. The van der Waals surface area contributed by atoms with Gasteiger partial charge in [-0.05, 0) is 61.7 Å². The van der Waals surface area contributed by atoms with Gasteiger partial charge in [-0.3, -0.25) is 19.8 Å². The highest BCUT2D eigenvalue weighted by Crippen LogP contribution is 2.37. The Bertz CT molecular complexity index is 1180. The van der Waals surface area contributed by atoms with E-state index in [1.54, 1.807) is 37.3 Å². The monoisotopic (exact) mass is 516 g/mol. The second-order valence-corrected chi connectivity index (χ2v) is 8.15. The summed E-state index contributed by atoms with van der Waals surface area (Å²) in [6, 6.07) is 7.53. The predicted octanol–water partition coefficient (Wildman–Crippen LogP) is 4.60. The van der Waals surface area contributed by atoms with Gasteiger partial charge in [0.25, 0.3) is 11.8 Å². The zero-order valence-corrected chi connectivity index (χ0v) is 21.4. The number of benzene rings is 2. The normalized spacial score (nSPS) is 14.6. The van der Waals surface area contributed by atoms with Crippen molar-refractivity contribution in [3.05, 3.63) is 52.1 Å². The average Bonchev–Trinajstić information content (AvgIpc) is 2.84.